The second-order valence-electron chi connectivity index (χ2n) is 5.77. The van der Waals surface area contributed by atoms with Crippen LogP contribution < -0.4 is 5.32 Å². The van der Waals surface area contributed by atoms with E-state index in [1.807, 2.05) is 12.4 Å². The van der Waals surface area contributed by atoms with Crippen molar-refractivity contribution in [3.05, 3.63) is 29.6 Å². The third kappa shape index (κ3) is 4.31. The fourth-order valence-corrected chi connectivity index (χ4v) is 1.45. The number of aromatic nitrogens is 1. The van der Waals surface area contributed by atoms with E-state index in [2.05, 4.69) is 51.0 Å². The van der Waals surface area contributed by atoms with Crippen molar-refractivity contribution < 1.29 is 0 Å². The van der Waals surface area contributed by atoms with Crippen molar-refractivity contribution in [2.45, 2.75) is 41.2 Å². The van der Waals surface area contributed by atoms with Gasteiger partial charge in [-0.15, -0.1) is 0 Å². The molecule has 2 heteroatoms. The van der Waals surface area contributed by atoms with Crippen molar-refractivity contribution in [3.8, 4) is 0 Å². The van der Waals surface area contributed by atoms with E-state index in [0.29, 0.717) is 11.3 Å². The van der Waals surface area contributed by atoms with Crippen LogP contribution in [-0.2, 0) is 6.54 Å². The van der Waals surface area contributed by atoms with E-state index in [1.165, 1.54) is 11.1 Å². The fourth-order valence-electron chi connectivity index (χ4n) is 1.45. The highest BCUT2D eigenvalue weighted by Gasteiger charge is 2.18. The molecule has 1 unspecified atom stereocenters. The van der Waals surface area contributed by atoms with Crippen molar-refractivity contribution in [2.75, 3.05) is 6.54 Å². The molecule has 0 aliphatic heterocycles. The Balaban J connectivity index is 2.36. The highest BCUT2D eigenvalue weighted by molar-refractivity contribution is 5.16. The molecule has 0 amide bonds. The average molecular weight is 220 g/mol. The SMILES string of the molecule is Cc1cncc(CNCC(C)C(C)(C)C)c1. The van der Waals surface area contributed by atoms with Crippen molar-refractivity contribution in [3.63, 3.8) is 0 Å². The number of nitrogens with zero attached hydrogens (tertiary/aromatic N) is 1. The molecule has 0 aliphatic rings. The highest BCUT2D eigenvalue weighted by Crippen LogP contribution is 2.24. The Morgan fingerprint density at radius 2 is 2.00 bits per heavy atom. The molecule has 1 aromatic rings. The maximum Gasteiger partial charge on any atom is 0.0313 e. The Bertz CT molecular complexity index is 326. The maximum absolute atomic E-state index is 4.19. The monoisotopic (exact) mass is 220 g/mol. The van der Waals surface area contributed by atoms with Gasteiger partial charge in [-0.2, -0.15) is 0 Å². The normalized spacial score (nSPS) is 13.8. The van der Waals surface area contributed by atoms with Gasteiger partial charge in [0.2, 0.25) is 0 Å². The molecule has 0 saturated heterocycles. The van der Waals surface area contributed by atoms with Gasteiger partial charge in [0.05, 0.1) is 0 Å². The lowest BCUT2D eigenvalue weighted by Gasteiger charge is -2.27. The van der Waals surface area contributed by atoms with E-state index in [4.69, 9.17) is 0 Å². The third-order valence-electron chi connectivity index (χ3n) is 3.19. The summed E-state index contributed by atoms with van der Waals surface area (Å²) in [6.45, 7) is 13.2. The van der Waals surface area contributed by atoms with Gasteiger partial charge in [-0.1, -0.05) is 33.8 Å². The number of nitrogens with one attached hydrogen (secondary N) is 1. The topological polar surface area (TPSA) is 24.9 Å². The number of hydrogen-bond donors (Lipinski definition) is 1. The summed E-state index contributed by atoms with van der Waals surface area (Å²) >= 11 is 0. The Labute approximate surface area is 99.5 Å². The first kappa shape index (κ1) is 13.2. The second kappa shape index (κ2) is 5.44. The first-order valence-electron chi connectivity index (χ1n) is 6.01. The van der Waals surface area contributed by atoms with Crippen molar-refractivity contribution in [1.29, 1.82) is 0 Å². The third-order valence-corrected chi connectivity index (χ3v) is 3.19. The summed E-state index contributed by atoms with van der Waals surface area (Å²) in [5, 5.41) is 3.50. The van der Waals surface area contributed by atoms with Gasteiger partial charge in [-0.3, -0.25) is 4.98 Å². The minimum absolute atomic E-state index is 0.373. The van der Waals surface area contributed by atoms with Gasteiger partial charge in [-0.05, 0) is 35.9 Å². The molecule has 1 rings (SSSR count). The lowest BCUT2D eigenvalue weighted by Crippen LogP contribution is -2.29. The van der Waals surface area contributed by atoms with E-state index in [1.54, 1.807) is 0 Å². The van der Waals surface area contributed by atoms with Crippen LogP contribution in [0.15, 0.2) is 18.5 Å². The summed E-state index contributed by atoms with van der Waals surface area (Å²) in [4.78, 5) is 4.19. The predicted octanol–water partition coefficient (Wildman–Crippen LogP) is 3.16. The van der Waals surface area contributed by atoms with E-state index in [0.717, 1.165) is 13.1 Å². The number of pyridine rings is 1. The molecule has 1 heterocycles. The Morgan fingerprint density at radius 3 is 2.56 bits per heavy atom. The van der Waals surface area contributed by atoms with Crippen molar-refractivity contribution in [1.82, 2.24) is 10.3 Å². The minimum atomic E-state index is 0.373. The Morgan fingerprint density at radius 1 is 1.31 bits per heavy atom. The minimum Gasteiger partial charge on any atom is -0.312 e. The lowest BCUT2D eigenvalue weighted by atomic mass is 9.82. The largest absolute Gasteiger partial charge is 0.312 e. The molecule has 1 N–H and O–H groups in total. The Hall–Kier alpha value is -0.890. The summed E-state index contributed by atoms with van der Waals surface area (Å²) in [6.07, 6.45) is 3.82. The molecular weight excluding hydrogens is 196 g/mol. The molecule has 0 bridgehead atoms. The lowest BCUT2D eigenvalue weighted by molar-refractivity contribution is 0.252. The van der Waals surface area contributed by atoms with Crippen LogP contribution in [0, 0.1) is 18.3 Å². The standard InChI is InChI=1S/C14H24N2/c1-11-6-13(9-15-7-11)10-16-8-12(2)14(3,4)5/h6-7,9,12,16H,8,10H2,1-5H3. The van der Waals surface area contributed by atoms with E-state index in [-0.39, 0.29) is 0 Å². The van der Waals surface area contributed by atoms with Gasteiger partial charge in [0.1, 0.15) is 0 Å². The Kier molecular flexibility index (Phi) is 4.48. The maximum atomic E-state index is 4.19. The van der Waals surface area contributed by atoms with Gasteiger partial charge in [0.25, 0.3) is 0 Å². The van der Waals surface area contributed by atoms with Crippen molar-refractivity contribution >= 4 is 0 Å². The molecule has 0 radical (unpaired) electrons. The molecule has 0 aliphatic carbocycles. The molecule has 0 fully saturated rings. The molecule has 16 heavy (non-hydrogen) atoms. The zero-order valence-corrected chi connectivity index (χ0v) is 11.2. The van der Waals surface area contributed by atoms with Gasteiger partial charge in [-0.25, -0.2) is 0 Å². The highest BCUT2D eigenvalue weighted by atomic mass is 14.9. The summed E-state index contributed by atoms with van der Waals surface area (Å²) in [5.74, 6) is 0.672. The van der Waals surface area contributed by atoms with Crippen LogP contribution >= 0.6 is 0 Å². The average Bonchev–Trinajstić information content (AvgIpc) is 2.16. The van der Waals surface area contributed by atoms with Crippen LogP contribution in [0.5, 0.6) is 0 Å². The van der Waals surface area contributed by atoms with Crippen molar-refractivity contribution in [2.24, 2.45) is 11.3 Å². The quantitative estimate of drug-likeness (QED) is 0.843. The van der Waals surface area contributed by atoms with Crippen LogP contribution in [0.1, 0.15) is 38.8 Å². The van der Waals surface area contributed by atoms with Gasteiger partial charge in [0.15, 0.2) is 0 Å². The summed E-state index contributed by atoms with van der Waals surface area (Å²) in [5.41, 5.74) is 2.86. The number of hydrogen-bond acceptors (Lipinski definition) is 2. The van der Waals surface area contributed by atoms with E-state index >= 15 is 0 Å². The summed E-state index contributed by atoms with van der Waals surface area (Å²) in [7, 11) is 0. The molecule has 1 aromatic heterocycles. The number of aryl methyl sites for hydroxylation is 1. The first-order chi connectivity index (χ1) is 7.39. The molecule has 0 spiro atoms. The van der Waals surface area contributed by atoms with Crippen LogP contribution in [0.3, 0.4) is 0 Å². The first-order valence-corrected chi connectivity index (χ1v) is 6.01. The van der Waals surface area contributed by atoms with E-state index in [9.17, 15) is 0 Å². The number of rotatable bonds is 4. The van der Waals surface area contributed by atoms with Crippen LogP contribution in [0.25, 0.3) is 0 Å². The van der Waals surface area contributed by atoms with Gasteiger partial charge < -0.3 is 5.32 Å². The van der Waals surface area contributed by atoms with Gasteiger partial charge >= 0.3 is 0 Å². The predicted molar refractivity (Wildman–Crippen MR) is 69.3 cm³/mol. The molecular formula is C14H24N2. The van der Waals surface area contributed by atoms with E-state index < -0.39 is 0 Å². The van der Waals surface area contributed by atoms with Crippen LogP contribution in [0.4, 0.5) is 0 Å². The molecule has 1 atom stereocenters. The fraction of sp³-hybridized carbons (Fsp3) is 0.643. The zero-order valence-electron chi connectivity index (χ0n) is 11.2. The molecule has 0 aromatic carbocycles. The molecule has 2 nitrogen and oxygen atoms in total. The van der Waals surface area contributed by atoms with Crippen LogP contribution in [0.2, 0.25) is 0 Å². The van der Waals surface area contributed by atoms with Crippen LogP contribution in [-0.4, -0.2) is 11.5 Å². The second-order valence-corrected chi connectivity index (χ2v) is 5.77. The molecule has 0 saturated carbocycles. The zero-order chi connectivity index (χ0) is 12.2. The van der Waals surface area contributed by atoms with Gasteiger partial charge in [0, 0.05) is 18.9 Å². The summed E-state index contributed by atoms with van der Waals surface area (Å²) in [6, 6.07) is 2.18. The molecule has 90 valence electrons. The summed E-state index contributed by atoms with van der Waals surface area (Å²) < 4.78 is 0. The smallest absolute Gasteiger partial charge is 0.0313 e.